The second-order valence-electron chi connectivity index (χ2n) is 4.54. The van der Waals surface area contributed by atoms with Crippen molar-refractivity contribution in [2.45, 2.75) is 19.1 Å². The second kappa shape index (κ2) is 6.04. The van der Waals surface area contributed by atoms with E-state index in [0.29, 0.717) is 12.3 Å². The van der Waals surface area contributed by atoms with Crippen LogP contribution in [-0.4, -0.2) is 41.5 Å². The Morgan fingerprint density at radius 2 is 2.10 bits per heavy atom. The third kappa shape index (κ3) is 4.05. The van der Waals surface area contributed by atoms with Gasteiger partial charge in [-0.3, -0.25) is 10.1 Å². The zero-order chi connectivity index (χ0) is 15.5. The third-order valence-electron chi connectivity index (χ3n) is 2.84. The van der Waals surface area contributed by atoms with E-state index in [1.165, 1.54) is 0 Å². The van der Waals surface area contributed by atoms with Gasteiger partial charge < -0.3 is 10.2 Å². The van der Waals surface area contributed by atoms with E-state index >= 15 is 0 Å². The van der Waals surface area contributed by atoms with Crippen molar-refractivity contribution in [2.24, 2.45) is 0 Å². The van der Waals surface area contributed by atoms with Crippen molar-refractivity contribution in [3.05, 3.63) is 28.1 Å². The number of hydrogen-bond acceptors (Lipinski definition) is 5. The molecule has 9 heteroatoms. The Labute approximate surface area is 113 Å². The molecule has 0 aliphatic carbocycles. The fourth-order valence-electron chi connectivity index (χ4n) is 1.33. The molecular formula is C11H15F3N4O2. The van der Waals surface area contributed by atoms with Gasteiger partial charge in [0.2, 0.25) is 0 Å². The number of alkyl halides is 3. The predicted molar refractivity (Wildman–Crippen MR) is 67.5 cm³/mol. The summed E-state index contributed by atoms with van der Waals surface area (Å²) in [6.07, 6.45) is -4.02. The number of nitro groups is 1. The average Bonchev–Trinajstić information content (AvgIpc) is 2.34. The predicted octanol–water partition coefficient (Wildman–Crippen LogP) is 2.37. The van der Waals surface area contributed by atoms with E-state index in [1.807, 2.05) is 11.8 Å². The fraction of sp³-hybridized carbons (Fsp3) is 0.545. The van der Waals surface area contributed by atoms with Gasteiger partial charge in [0.05, 0.1) is 4.92 Å². The molecule has 0 aliphatic heterocycles. The highest BCUT2D eigenvalue weighted by Gasteiger charge is 2.34. The maximum absolute atomic E-state index is 12.6. The number of likely N-dealkylation sites (N-methyl/N-ethyl adjacent to an activating group) is 1. The lowest BCUT2D eigenvalue weighted by Crippen LogP contribution is -2.31. The lowest BCUT2D eigenvalue weighted by Gasteiger charge is -2.20. The summed E-state index contributed by atoms with van der Waals surface area (Å²) in [7, 11) is 3.60. The molecule has 1 aromatic heterocycles. The monoisotopic (exact) mass is 292 g/mol. The Hall–Kier alpha value is -1.90. The molecule has 0 amide bonds. The highest BCUT2D eigenvalue weighted by molar-refractivity contribution is 5.61. The summed E-state index contributed by atoms with van der Waals surface area (Å²) in [5.74, 6) is 0. The molecule has 112 valence electrons. The van der Waals surface area contributed by atoms with Crippen molar-refractivity contribution in [3.8, 4) is 0 Å². The van der Waals surface area contributed by atoms with Gasteiger partial charge in [-0.15, -0.1) is 0 Å². The van der Waals surface area contributed by atoms with Crippen LogP contribution in [0.2, 0.25) is 0 Å². The van der Waals surface area contributed by atoms with E-state index in [1.54, 1.807) is 14.1 Å². The van der Waals surface area contributed by atoms with Crippen LogP contribution < -0.4 is 5.32 Å². The Bertz CT molecular complexity index is 491. The van der Waals surface area contributed by atoms with E-state index in [0.717, 1.165) is 0 Å². The summed E-state index contributed by atoms with van der Waals surface area (Å²) >= 11 is 0. The van der Waals surface area contributed by atoms with E-state index in [4.69, 9.17) is 0 Å². The minimum Gasteiger partial charge on any atom is -0.378 e. The van der Waals surface area contributed by atoms with Crippen LogP contribution in [0.5, 0.6) is 0 Å². The molecule has 1 rings (SSSR count). The molecule has 0 aliphatic rings. The molecule has 20 heavy (non-hydrogen) atoms. The number of anilines is 1. The minimum absolute atomic E-state index is 0.00268. The number of nitrogens with one attached hydrogen (secondary N) is 1. The maximum Gasteiger partial charge on any atom is 0.433 e. The summed E-state index contributed by atoms with van der Waals surface area (Å²) in [4.78, 5) is 14.9. The largest absolute Gasteiger partial charge is 0.433 e. The molecule has 0 spiro atoms. The molecule has 0 saturated carbocycles. The van der Waals surface area contributed by atoms with Crippen molar-refractivity contribution < 1.29 is 18.1 Å². The van der Waals surface area contributed by atoms with Crippen LogP contribution in [0.4, 0.5) is 24.5 Å². The smallest absolute Gasteiger partial charge is 0.378 e. The van der Waals surface area contributed by atoms with Crippen molar-refractivity contribution in [2.75, 3.05) is 26.0 Å². The molecule has 1 N–H and O–H groups in total. The summed E-state index contributed by atoms with van der Waals surface area (Å²) in [6.45, 7) is 2.11. The lowest BCUT2D eigenvalue weighted by molar-refractivity contribution is -0.384. The molecule has 0 aromatic carbocycles. The van der Waals surface area contributed by atoms with Crippen LogP contribution in [0, 0.1) is 10.1 Å². The summed E-state index contributed by atoms with van der Waals surface area (Å²) < 4.78 is 37.7. The fourth-order valence-corrected chi connectivity index (χ4v) is 1.33. The van der Waals surface area contributed by atoms with Gasteiger partial charge >= 0.3 is 11.9 Å². The number of pyridine rings is 1. The molecule has 0 fully saturated rings. The third-order valence-corrected chi connectivity index (χ3v) is 2.84. The molecular weight excluding hydrogens is 277 g/mol. The second-order valence-corrected chi connectivity index (χ2v) is 4.54. The molecule has 0 bridgehead atoms. The molecule has 0 radical (unpaired) electrons. The van der Waals surface area contributed by atoms with Crippen LogP contribution in [0.1, 0.15) is 12.6 Å². The number of aromatic nitrogens is 1. The number of rotatable bonds is 5. The standard InChI is InChI=1S/C11H15F3N4O2/c1-7(17(2)3)5-15-8-4-10(11(12,13)14)16-6-9(8)18(19)20/h4,6-7H,5H2,1-3H3,(H,15,16). The van der Waals surface area contributed by atoms with Gasteiger partial charge in [0.15, 0.2) is 0 Å². The van der Waals surface area contributed by atoms with Gasteiger partial charge in [-0.1, -0.05) is 0 Å². The summed E-state index contributed by atoms with van der Waals surface area (Å²) in [5, 5.41) is 13.5. The van der Waals surface area contributed by atoms with Crippen LogP contribution in [0.15, 0.2) is 12.3 Å². The molecule has 1 unspecified atom stereocenters. The Morgan fingerprint density at radius 1 is 1.50 bits per heavy atom. The van der Waals surface area contributed by atoms with Gasteiger partial charge in [-0.2, -0.15) is 13.2 Å². The quantitative estimate of drug-likeness (QED) is 0.666. The Kier molecular flexibility index (Phi) is 4.88. The van der Waals surface area contributed by atoms with Gasteiger partial charge in [0.25, 0.3) is 0 Å². The van der Waals surface area contributed by atoms with E-state index in [-0.39, 0.29) is 18.3 Å². The first-order valence-electron chi connectivity index (χ1n) is 5.75. The first kappa shape index (κ1) is 16.2. The van der Waals surface area contributed by atoms with Crippen molar-refractivity contribution in [1.29, 1.82) is 0 Å². The zero-order valence-electron chi connectivity index (χ0n) is 11.2. The first-order valence-corrected chi connectivity index (χ1v) is 5.75. The number of nitrogens with zero attached hydrogens (tertiary/aromatic N) is 3. The normalized spacial score (nSPS) is 13.3. The molecule has 0 saturated heterocycles. The lowest BCUT2D eigenvalue weighted by atomic mass is 10.2. The van der Waals surface area contributed by atoms with E-state index < -0.39 is 22.5 Å². The van der Waals surface area contributed by atoms with Gasteiger partial charge in [0.1, 0.15) is 17.6 Å². The SMILES string of the molecule is CC(CNc1cc(C(F)(F)F)ncc1[N+](=O)[O-])N(C)C. The Morgan fingerprint density at radius 3 is 2.55 bits per heavy atom. The van der Waals surface area contributed by atoms with Crippen molar-refractivity contribution in [3.63, 3.8) is 0 Å². The molecule has 1 aromatic rings. The van der Waals surface area contributed by atoms with Crippen LogP contribution >= 0.6 is 0 Å². The molecule has 1 heterocycles. The highest BCUT2D eigenvalue weighted by atomic mass is 19.4. The highest BCUT2D eigenvalue weighted by Crippen LogP contribution is 2.32. The van der Waals surface area contributed by atoms with Crippen molar-refractivity contribution in [1.82, 2.24) is 9.88 Å². The number of hydrogen-bond donors (Lipinski definition) is 1. The minimum atomic E-state index is -4.64. The van der Waals surface area contributed by atoms with Gasteiger partial charge in [-0.05, 0) is 27.1 Å². The van der Waals surface area contributed by atoms with Crippen molar-refractivity contribution >= 4 is 11.4 Å². The number of halogens is 3. The van der Waals surface area contributed by atoms with Crippen LogP contribution in [0.3, 0.4) is 0 Å². The maximum atomic E-state index is 12.6. The van der Waals surface area contributed by atoms with Crippen LogP contribution in [0.25, 0.3) is 0 Å². The average molecular weight is 292 g/mol. The molecule has 1 atom stereocenters. The van der Waals surface area contributed by atoms with Gasteiger partial charge in [-0.25, -0.2) is 4.98 Å². The van der Waals surface area contributed by atoms with E-state index in [2.05, 4.69) is 10.3 Å². The summed E-state index contributed by atoms with van der Waals surface area (Å²) in [5.41, 5.74) is -1.84. The Balaban J connectivity index is 3.04. The van der Waals surface area contributed by atoms with Crippen LogP contribution in [-0.2, 0) is 6.18 Å². The molecule has 6 nitrogen and oxygen atoms in total. The summed E-state index contributed by atoms with van der Waals surface area (Å²) in [6, 6.07) is 0.651. The first-order chi connectivity index (χ1) is 9.12. The topological polar surface area (TPSA) is 71.3 Å². The van der Waals surface area contributed by atoms with E-state index in [9.17, 15) is 23.3 Å². The van der Waals surface area contributed by atoms with Gasteiger partial charge in [0, 0.05) is 12.6 Å². The zero-order valence-corrected chi connectivity index (χ0v) is 11.2.